The van der Waals surface area contributed by atoms with Gasteiger partial charge in [-0.25, -0.2) is 13.6 Å². The summed E-state index contributed by atoms with van der Waals surface area (Å²) in [5, 5.41) is 10.8. The molecule has 0 aliphatic rings. The summed E-state index contributed by atoms with van der Waals surface area (Å²) in [5.41, 5.74) is 0.00467. The van der Waals surface area contributed by atoms with Crippen LogP contribution in [0.5, 0.6) is 0 Å². The van der Waals surface area contributed by atoms with Crippen LogP contribution in [-0.2, 0) is 4.79 Å². The van der Waals surface area contributed by atoms with Crippen LogP contribution in [0.3, 0.4) is 0 Å². The normalized spacial score (nSPS) is 10.5. The van der Waals surface area contributed by atoms with Gasteiger partial charge in [0.2, 0.25) is 0 Å². The molecule has 0 heterocycles. The maximum absolute atomic E-state index is 13.0. The Hall–Kier alpha value is -1.91. The average Bonchev–Trinajstić information content (AvgIpc) is 2.18. The van der Waals surface area contributed by atoms with Gasteiger partial charge in [-0.15, -0.1) is 0 Å². The van der Waals surface area contributed by atoms with Gasteiger partial charge in [0.15, 0.2) is 11.6 Å². The van der Waals surface area contributed by atoms with E-state index < -0.39 is 17.6 Å². The van der Waals surface area contributed by atoms with E-state index in [4.69, 9.17) is 5.11 Å². The van der Waals surface area contributed by atoms with E-state index in [-0.39, 0.29) is 12.2 Å². The average molecular weight is 213 g/mol. The van der Waals surface area contributed by atoms with E-state index in [1.54, 1.807) is 0 Å². The molecular weight excluding hydrogens is 204 g/mol. The maximum Gasteiger partial charge on any atom is 0.328 e. The Morgan fingerprint density at radius 2 is 2.20 bits per heavy atom. The highest BCUT2D eigenvalue weighted by molar-refractivity contribution is 5.79. The van der Waals surface area contributed by atoms with Gasteiger partial charge in [0, 0.05) is 12.6 Å². The van der Waals surface area contributed by atoms with E-state index in [1.807, 2.05) is 0 Å². The SMILES string of the molecule is O=C(O)/C=C/CNc1cccc(F)c1F. The lowest BCUT2D eigenvalue weighted by Crippen LogP contribution is -2.02. The minimum Gasteiger partial charge on any atom is -0.478 e. The van der Waals surface area contributed by atoms with Gasteiger partial charge < -0.3 is 10.4 Å². The molecule has 0 spiro atoms. The molecule has 1 aromatic carbocycles. The topological polar surface area (TPSA) is 49.3 Å². The van der Waals surface area contributed by atoms with Gasteiger partial charge in [0.05, 0.1) is 5.69 Å². The highest BCUT2D eigenvalue weighted by Crippen LogP contribution is 2.15. The summed E-state index contributed by atoms with van der Waals surface area (Å²) in [6, 6.07) is 3.74. The molecule has 5 heteroatoms. The smallest absolute Gasteiger partial charge is 0.328 e. The molecule has 0 aliphatic carbocycles. The number of carboxylic acids is 1. The molecule has 0 aromatic heterocycles. The fraction of sp³-hybridized carbons (Fsp3) is 0.100. The van der Waals surface area contributed by atoms with Crippen molar-refractivity contribution in [1.29, 1.82) is 0 Å². The first kappa shape index (κ1) is 11.2. The second kappa shape index (κ2) is 5.09. The Labute approximate surface area is 85.0 Å². The van der Waals surface area contributed by atoms with Crippen LogP contribution in [0, 0.1) is 11.6 Å². The molecule has 3 nitrogen and oxygen atoms in total. The van der Waals surface area contributed by atoms with Gasteiger partial charge in [-0.05, 0) is 12.1 Å². The number of nitrogens with one attached hydrogen (secondary N) is 1. The Morgan fingerprint density at radius 3 is 2.87 bits per heavy atom. The zero-order valence-electron chi connectivity index (χ0n) is 7.71. The number of hydrogen-bond donors (Lipinski definition) is 2. The summed E-state index contributed by atoms with van der Waals surface area (Å²) in [5.74, 6) is -3.00. The molecule has 0 radical (unpaired) electrons. The van der Waals surface area contributed by atoms with E-state index >= 15 is 0 Å². The van der Waals surface area contributed by atoms with E-state index in [2.05, 4.69) is 5.32 Å². The van der Waals surface area contributed by atoms with Crippen molar-refractivity contribution >= 4 is 11.7 Å². The molecule has 1 rings (SSSR count). The number of aliphatic carboxylic acids is 1. The molecule has 0 saturated heterocycles. The third-order valence-electron chi connectivity index (χ3n) is 1.62. The number of halogens is 2. The fourth-order valence-electron chi connectivity index (χ4n) is 0.969. The number of hydrogen-bond acceptors (Lipinski definition) is 2. The minimum atomic E-state index is -1.09. The highest BCUT2D eigenvalue weighted by Gasteiger charge is 2.05. The van der Waals surface area contributed by atoms with Crippen molar-refractivity contribution in [2.45, 2.75) is 0 Å². The third kappa shape index (κ3) is 3.38. The lowest BCUT2D eigenvalue weighted by Gasteiger charge is -2.04. The van der Waals surface area contributed by atoms with Gasteiger partial charge in [0.25, 0.3) is 0 Å². The summed E-state index contributed by atoms with van der Waals surface area (Å²) < 4.78 is 25.7. The molecule has 0 amide bonds. The second-order valence-electron chi connectivity index (χ2n) is 2.72. The first-order valence-electron chi connectivity index (χ1n) is 4.18. The molecule has 0 atom stereocenters. The maximum atomic E-state index is 13.0. The standard InChI is InChI=1S/C10H9F2NO2/c11-7-3-1-4-8(10(7)12)13-6-2-5-9(14)15/h1-5,13H,6H2,(H,14,15)/b5-2+. The molecular formula is C10H9F2NO2. The Balaban J connectivity index is 2.58. The zero-order chi connectivity index (χ0) is 11.3. The number of benzene rings is 1. The lowest BCUT2D eigenvalue weighted by molar-refractivity contribution is -0.131. The lowest BCUT2D eigenvalue weighted by atomic mass is 10.3. The highest BCUT2D eigenvalue weighted by atomic mass is 19.2. The monoisotopic (exact) mass is 213 g/mol. The molecule has 0 bridgehead atoms. The Morgan fingerprint density at radius 1 is 1.47 bits per heavy atom. The van der Waals surface area contributed by atoms with Gasteiger partial charge in [-0.3, -0.25) is 0 Å². The van der Waals surface area contributed by atoms with Crippen LogP contribution < -0.4 is 5.32 Å². The molecule has 2 N–H and O–H groups in total. The largest absolute Gasteiger partial charge is 0.478 e. The second-order valence-corrected chi connectivity index (χ2v) is 2.72. The minimum absolute atomic E-state index is 0.00467. The molecule has 1 aromatic rings. The quantitative estimate of drug-likeness (QED) is 0.752. The van der Waals surface area contributed by atoms with Crippen molar-refractivity contribution in [3.63, 3.8) is 0 Å². The molecule has 0 saturated carbocycles. The summed E-state index contributed by atoms with van der Waals surface area (Å²) in [4.78, 5) is 10.1. The van der Waals surface area contributed by atoms with Gasteiger partial charge in [-0.1, -0.05) is 12.1 Å². The van der Waals surface area contributed by atoms with Crippen LogP contribution in [0.4, 0.5) is 14.5 Å². The third-order valence-corrected chi connectivity index (χ3v) is 1.62. The Bertz CT molecular complexity index is 391. The zero-order valence-corrected chi connectivity index (χ0v) is 7.71. The van der Waals surface area contributed by atoms with Crippen LogP contribution in [0.1, 0.15) is 0 Å². The van der Waals surface area contributed by atoms with Crippen LogP contribution in [0.15, 0.2) is 30.4 Å². The summed E-state index contributed by atoms with van der Waals surface area (Å²) >= 11 is 0. The number of carboxylic acid groups (broad SMARTS) is 1. The molecule has 80 valence electrons. The van der Waals surface area contributed by atoms with Gasteiger partial charge in [0.1, 0.15) is 0 Å². The first-order chi connectivity index (χ1) is 7.11. The van der Waals surface area contributed by atoms with Crippen molar-refractivity contribution in [3.8, 4) is 0 Å². The van der Waals surface area contributed by atoms with E-state index in [1.165, 1.54) is 18.2 Å². The van der Waals surface area contributed by atoms with Crippen LogP contribution in [0.2, 0.25) is 0 Å². The van der Waals surface area contributed by atoms with Crippen molar-refractivity contribution in [3.05, 3.63) is 42.0 Å². The van der Waals surface area contributed by atoms with E-state index in [0.29, 0.717) is 0 Å². The summed E-state index contributed by atoms with van der Waals surface area (Å²) in [7, 11) is 0. The predicted molar refractivity (Wildman–Crippen MR) is 51.6 cm³/mol. The predicted octanol–water partition coefficient (Wildman–Crippen LogP) is 2.02. The van der Waals surface area contributed by atoms with Crippen LogP contribution in [-0.4, -0.2) is 17.6 Å². The first-order valence-corrected chi connectivity index (χ1v) is 4.18. The van der Waals surface area contributed by atoms with Gasteiger partial charge >= 0.3 is 5.97 Å². The van der Waals surface area contributed by atoms with E-state index in [9.17, 15) is 13.6 Å². The number of rotatable bonds is 4. The molecule has 0 aliphatic heterocycles. The summed E-state index contributed by atoms with van der Waals surface area (Å²) in [6.07, 6.45) is 2.22. The fourth-order valence-corrected chi connectivity index (χ4v) is 0.969. The van der Waals surface area contributed by atoms with Crippen molar-refractivity contribution < 1.29 is 18.7 Å². The van der Waals surface area contributed by atoms with Gasteiger partial charge in [-0.2, -0.15) is 0 Å². The Kier molecular flexibility index (Phi) is 3.79. The number of carbonyl (C=O) groups is 1. The molecule has 0 fully saturated rings. The van der Waals surface area contributed by atoms with E-state index in [0.717, 1.165) is 12.1 Å². The van der Waals surface area contributed by atoms with Crippen molar-refractivity contribution in [2.75, 3.05) is 11.9 Å². The van der Waals surface area contributed by atoms with Crippen LogP contribution in [0.25, 0.3) is 0 Å². The molecule has 0 unspecified atom stereocenters. The van der Waals surface area contributed by atoms with Crippen molar-refractivity contribution in [2.24, 2.45) is 0 Å². The number of anilines is 1. The van der Waals surface area contributed by atoms with Crippen molar-refractivity contribution in [1.82, 2.24) is 0 Å². The molecule has 15 heavy (non-hydrogen) atoms. The van der Waals surface area contributed by atoms with Crippen LogP contribution >= 0.6 is 0 Å². The summed E-state index contributed by atoms with van der Waals surface area (Å²) in [6.45, 7) is 0.118.